The molecule has 0 saturated carbocycles. The normalized spacial score (nSPS) is 15.9. The van der Waals surface area contributed by atoms with E-state index >= 15 is 0 Å². The molecule has 0 aliphatic carbocycles. The van der Waals surface area contributed by atoms with Crippen molar-refractivity contribution in [3.05, 3.63) is 35.9 Å². The van der Waals surface area contributed by atoms with Crippen LogP contribution in [0.4, 0.5) is 0 Å². The number of benzene rings is 1. The first-order valence-electron chi connectivity index (χ1n) is 5.91. The molecule has 0 aromatic heterocycles. The largest absolute Gasteiger partial charge is 0.391 e. The third kappa shape index (κ3) is 4.60. The Bertz CT molecular complexity index is 353. The van der Waals surface area contributed by atoms with Gasteiger partial charge in [-0.05, 0) is 12.5 Å². The number of terminal acetylenes is 1. The second-order valence-electron chi connectivity index (χ2n) is 4.42. The molecular formula is C15H20O2. The number of hydrogen-bond acceptors (Lipinski definition) is 2. The minimum atomic E-state index is -0.504. The summed E-state index contributed by atoms with van der Waals surface area (Å²) in [4.78, 5) is 0. The second kappa shape index (κ2) is 7.11. The smallest absolute Gasteiger partial charge is 0.0722 e. The van der Waals surface area contributed by atoms with Gasteiger partial charge in [0.2, 0.25) is 0 Å². The van der Waals surface area contributed by atoms with Crippen molar-refractivity contribution in [3.8, 4) is 12.3 Å². The molecule has 0 unspecified atom stereocenters. The fourth-order valence-electron chi connectivity index (χ4n) is 1.63. The highest BCUT2D eigenvalue weighted by Crippen LogP contribution is 2.13. The van der Waals surface area contributed by atoms with Crippen LogP contribution in [-0.2, 0) is 11.3 Å². The van der Waals surface area contributed by atoms with E-state index < -0.39 is 6.10 Å². The zero-order valence-corrected chi connectivity index (χ0v) is 10.5. The van der Waals surface area contributed by atoms with Gasteiger partial charge in [-0.3, -0.25) is 0 Å². The van der Waals surface area contributed by atoms with Crippen molar-refractivity contribution in [2.75, 3.05) is 6.61 Å². The van der Waals surface area contributed by atoms with Crippen LogP contribution in [0.15, 0.2) is 30.3 Å². The Hall–Kier alpha value is -1.30. The fourth-order valence-corrected chi connectivity index (χ4v) is 1.63. The molecule has 0 heterocycles. The van der Waals surface area contributed by atoms with Gasteiger partial charge < -0.3 is 9.84 Å². The van der Waals surface area contributed by atoms with E-state index in [-0.39, 0.29) is 11.8 Å². The zero-order chi connectivity index (χ0) is 12.7. The van der Waals surface area contributed by atoms with Crippen LogP contribution in [0.5, 0.6) is 0 Å². The van der Waals surface area contributed by atoms with Gasteiger partial charge in [-0.2, -0.15) is 0 Å². The predicted molar refractivity (Wildman–Crippen MR) is 69.3 cm³/mol. The lowest BCUT2D eigenvalue weighted by atomic mass is 9.95. The Morgan fingerprint density at radius 3 is 2.53 bits per heavy atom. The molecule has 17 heavy (non-hydrogen) atoms. The van der Waals surface area contributed by atoms with Crippen molar-refractivity contribution in [1.29, 1.82) is 0 Å². The quantitative estimate of drug-likeness (QED) is 0.763. The van der Waals surface area contributed by atoms with Crippen LogP contribution >= 0.6 is 0 Å². The maximum absolute atomic E-state index is 9.86. The number of rotatable bonds is 6. The second-order valence-corrected chi connectivity index (χ2v) is 4.42. The molecule has 0 aliphatic rings. The molecule has 1 N–H and O–H groups in total. The molecule has 92 valence electrons. The first-order chi connectivity index (χ1) is 8.15. The van der Waals surface area contributed by atoms with E-state index in [1.165, 1.54) is 0 Å². The lowest BCUT2D eigenvalue weighted by Gasteiger charge is -2.21. The van der Waals surface area contributed by atoms with Crippen LogP contribution < -0.4 is 0 Å². The summed E-state index contributed by atoms with van der Waals surface area (Å²) >= 11 is 0. The Morgan fingerprint density at radius 2 is 1.94 bits per heavy atom. The summed E-state index contributed by atoms with van der Waals surface area (Å²) in [5, 5.41) is 9.86. The third-order valence-corrected chi connectivity index (χ3v) is 2.85. The molecule has 2 nitrogen and oxygen atoms in total. The highest BCUT2D eigenvalue weighted by atomic mass is 16.5. The fraction of sp³-hybridized carbons (Fsp3) is 0.467. The van der Waals surface area contributed by atoms with E-state index in [0.717, 1.165) is 5.56 Å². The minimum Gasteiger partial charge on any atom is -0.391 e. The summed E-state index contributed by atoms with van der Waals surface area (Å²) in [6, 6.07) is 9.98. The van der Waals surface area contributed by atoms with Crippen LogP contribution in [0, 0.1) is 24.2 Å². The zero-order valence-electron chi connectivity index (χ0n) is 10.5. The average molecular weight is 232 g/mol. The van der Waals surface area contributed by atoms with E-state index in [4.69, 9.17) is 11.2 Å². The van der Waals surface area contributed by atoms with Gasteiger partial charge in [0.05, 0.1) is 19.3 Å². The van der Waals surface area contributed by atoms with Gasteiger partial charge in [0.1, 0.15) is 0 Å². The highest BCUT2D eigenvalue weighted by Gasteiger charge is 2.19. The Labute approximate surface area is 104 Å². The molecule has 0 saturated heterocycles. The SMILES string of the molecule is C#C[C@@H](C)[C@@H](O)[C@@H](C)COCc1ccccc1. The van der Waals surface area contributed by atoms with Gasteiger partial charge in [0, 0.05) is 11.8 Å². The van der Waals surface area contributed by atoms with E-state index in [0.29, 0.717) is 13.2 Å². The van der Waals surface area contributed by atoms with Crippen LogP contribution in [0.2, 0.25) is 0 Å². The molecule has 0 aliphatic heterocycles. The van der Waals surface area contributed by atoms with E-state index in [9.17, 15) is 5.11 Å². The maximum Gasteiger partial charge on any atom is 0.0722 e. The molecule has 1 rings (SSSR count). The molecule has 1 aromatic rings. The number of hydrogen-bond donors (Lipinski definition) is 1. The molecule has 0 amide bonds. The lowest BCUT2D eigenvalue weighted by molar-refractivity contribution is 0.0150. The van der Waals surface area contributed by atoms with Gasteiger partial charge >= 0.3 is 0 Å². The molecular weight excluding hydrogens is 212 g/mol. The summed E-state index contributed by atoms with van der Waals surface area (Å²) in [6.07, 6.45) is 4.78. The van der Waals surface area contributed by atoms with Gasteiger partial charge in [0.15, 0.2) is 0 Å². The molecule has 0 bridgehead atoms. The molecule has 0 spiro atoms. The molecule has 3 atom stereocenters. The van der Waals surface area contributed by atoms with Crippen LogP contribution in [0.1, 0.15) is 19.4 Å². The first-order valence-corrected chi connectivity index (χ1v) is 5.91. The summed E-state index contributed by atoms with van der Waals surface area (Å²) in [7, 11) is 0. The molecule has 1 aromatic carbocycles. The summed E-state index contributed by atoms with van der Waals surface area (Å²) in [5.41, 5.74) is 1.14. The molecule has 2 heteroatoms. The van der Waals surface area contributed by atoms with Crippen LogP contribution in [-0.4, -0.2) is 17.8 Å². The van der Waals surface area contributed by atoms with Gasteiger partial charge in [-0.1, -0.05) is 37.3 Å². The average Bonchev–Trinajstić information content (AvgIpc) is 2.38. The minimum absolute atomic E-state index is 0.0461. The third-order valence-electron chi connectivity index (χ3n) is 2.85. The predicted octanol–water partition coefficient (Wildman–Crippen LogP) is 2.47. The first kappa shape index (κ1) is 13.8. The standard InChI is InChI=1S/C15H20O2/c1-4-12(2)15(16)13(3)10-17-11-14-8-6-5-7-9-14/h1,5-9,12-13,15-16H,10-11H2,2-3H3/t12-,13+,15-/m1/s1. The van der Waals surface area contributed by atoms with Gasteiger partial charge in [-0.15, -0.1) is 12.3 Å². The summed E-state index contributed by atoms with van der Waals surface area (Å²) in [6.45, 7) is 4.88. The highest BCUT2D eigenvalue weighted by molar-refractivity contribution is 5.13. The van der Waals surface area contributed by atoms with E-state index in [1.807, 2.05) is 44.2 Å². The van der Waals surface area contributed by atoms with E-state index in [2.05, 4.69) is 5.92 Å². The summed E-state index contributed by atoms with van der Waals surface area (Å²) < 4.78 is 5.57. The van der Waals surface area contributed by atoms with Crippen molar-refractivity contribution >= 4 is 0 Å². The Balaban J connectivity index is 2.30. The van der Waals surface area contributed by atoms with Crippen molar-refractivity contribution in [2.24, 2.45) is 11.8 Å². The van der Waals surface area contributed by atoms with Crippen LogP contribution in [0.25, 0.3) is 0 Å². The van der Waals surface area contributed by atoms with Crippen molar-refractivity contribution < 1.29 is 9.84 Å². The van der Waals surface area contributed by atoms with Crippen molar-refractivity contribution in [1.82, 2.24) is 0 Å². The number of ether oxygens (including phenoxy) is 1. The van der Waals surface area contributed by atoms with E-state index in [1.54, 1.807) is 0 Å². The molecule has 0 fully saturated rings. The number of aliphatic hydroxyl groups is 1. The molecule has 0 radical (unpaired) electrons. The monoisotopic (exact) mass is 232 g/mol. The Morgan fingerprint density at radius 1 is 1.29 bits per heavy atom. The Kier molecular flexibility index (Phi) is 5.76. The lowest BCUT2D eigenvalue weighted by Crippen LogP contribution is -2.28. The van der Waals surface area contributed by atoms with Crippen molar-refractivity contribution in [2.45, 2.75) is 26.6 Å². The van der Waals surface area contributed by atoms with Gasteiger partial charge in [0.25, 0.3) is 0 Å². The topological polar surface area (TPSA) is 29.5 Å². The summed E-state index contributed by atoms with van der Waals surface area (Å²) in [5.74, 6) is 2.46. The number of aliphatic hydroxyl groups excluding tert-OH is 1. The van der Waals surface area contributed by atoms with Crippen molar-refractivity contribution in [3.63, 3.8) is 0 Å². The van der Waals surface area contributed by atoms with Crippen LogP contribution in [0.3, 0.4) is 0 Å². The van der Waals surface area contributed by atoms with Gasteiger partial charge in [-0.25, -0.2) is 0 Å². The maximum atomic E-state index is 9.86.